The number of rotatable bonds is 8. The topological polar surface area (TPSA) is 39.8 Å². The summed E-state index contributed by atoms with van der Waals surface area (Å²) in [6.07, 6.45) is 16.0. The minimum Gasteiger partial charge on any atom is 0 e. The Balaban J connectivity index is 0.00000123. The van der Waals surface area contributed by atoms with Crippen LogP contribution < -0.4 is 10.6 Å². The van der Waals surface area contributed by atoms with Crippen LogP contribution in [-0.4, -0.2) is 6.16 Å². The van der Waals surface area contributed by atoms with E-state index in [0.717, 1.165) is 19.0 Å². The first kappa shape index (κ1) is 32.8. The first-order valence-electron chi connectivity index (χ1n) is 12.0. The van der Waals surface area contributed by atoms with Gasteiger partial charge in [0.15, 0.2) is 0 Å². The second-order valence-electron chi connectivity index (χ2n) is 8.61. The van der Waals surface area contributed by atoms with Gasteiger partial charge in [-0.05, 0) is 76.1 Å². The molecule has 4 rings (SSSR count). The largest absolute Gasteiger partial charge is 0 e. The zero-order chi connectivity index (χ0) is 25.5. The maximum absolute atomic E-state index is 7.50. The van der Waals surface area contributed by atoms with Crippen LogP contribution in [0.3, 0.4) is 0 Å². The predicted molar refractivity (Wildman–Crippen MR) is 148 cm³/mol. The smallest absolute Gasteiger partial charge is 0 e. The number of fused-ring (bicyclic) bond motifs is 1. The molecule has 1 saturated carbocycles. The molecule has 1 aliphatic carbocycles. The number of benzene rings is 2. The Morgan fingerprint density at radius 3 is 1.72 bits per heavy atom. The molecule has 5 heteroatoms. The summed E-state index contributed by atoms with van der Waals surface area (Å²) >= 11 is 0. The van der Waals surface area contributed by atoms with Gasteiger partial charge in [0.25, 0.3) is 0 Å². The van der Waals surface area contributed by atoms with E-state index >= 15 is 0 Å². The Morgan fingerprint density at radius 2 is 1.25 bits per heavy atom. The minimum atomic E-state index is -0.335. The van der Waals surface area contributed by atoms with Gasteiger partial charge in [-0.15, -0.1) is 0 Å². The average Bonchev–Trinajstić information content (AvgIpc) is 3.28. The van der Waals surface area contributed by atoms with Crippen molar-refractivity contribution in [1.29, 1.82) is 0 Å². The van der Waals surface area contributed by atoms with Crippen molar-refractivity contribution < 1.29 is 26.4 Å². The van der Waals surface area contributed by atoms with Gasteiger partial charge in [0.2, 0.25) is 0 Å². The van der Waals surface area contributed by atoms with Crippen molar-refractivity contribution in [2.75, 3.05) is 6.16 Å². The molecule has 1 saturated heterocycles. The predicted octanol–water partition coefficient (Wildman–Crippen LogP) is 8.09. The molecule has 6 radical (unpaired) electrons. The summed E-state index contributed by atoms with van der Waals surface area (Å²) in [5.74, 6) is 3.42. The van der Waals surface area contributed by atoms with Gasteiger partial charge in [-0.1, -0.05) is 106 Å². The van der Waals surface area contributed by atoms with E-state index in [1.165, 1.54) is 50.4 Å². The molecule has 0 aromatic heterocycles. The summed E-state index contributed by atoms with van der Waals surface area (Å²) in [6, 6.07) is 22.1. The molecule has 0 unspecified atom stereocenters. The number of allylic oxidation sites excluding steroid dienone is 4. The molecule has 2 aromatic rings. The van der Waals surface area contributed by atoms with E-state index in [1.807, 2.05) is 0 Å². The normalized spacial score (nSPS) is 16.9. The fraction of sp³-hybridized carbons (Fsp3) is 0.290. The molecule has 2 aliphatic rings. The Labute approximate surface area is 232 Å². The van der Waals surface area contributed by atoms with Crippen molar-refractivity contribution in [3.63, 3.8) is 0 Å². The first-order valence-corrected chi connectivity index (χ1v) is 14.4. The van der Waals surface area contributed by atoms with Crippen LogP contribution >= 0.6 is 16.5 Å². The van der Waals surface area contributed by atoms with Gasteiger partial charge < -0.3 is 0 Å². The minimum absolute atomic E-state index is 0. The fourth-order valence-corrected chi connectivity index (χ4v) is 8.04. The van der Waals surface area contributed by atoms with Gasteiger partial charge in [0.05, 0.1) is 0 Å². The Morgan fingerprint density at radius 1 is 0.778 bits per heavy atom. The van der Waals surface area contributed by atoms with Crippen LogP contribution in [0, 0.1) is 36.5 Å². The van der Waals surface area contributed by atoms with E-state index < -0.39 is 0 Å². The van der Waals surface area contributed by atoms with E-state index in [2.05, 4.69) is 106 Å². The third kappa shape index (κ3) is 9.92. The maximum atomic E-state index is 7.50. The van der Waals surface area contributed by atoms with Crippen LogP contribution in [0.4, 0.5) is 0 Å². The van der Waals surface area contributed by atoms with E-state index in [1.54, 1.807) is 23.2 Å². The zero-order valence-corrected chi connectivity index (χ0v) is 24.0. The van der Waals surface area contributed by atoms with Crippen LogP contribution in [0.2, 0.25) is 0 Å². The molecule has 0 N–H and O–H groups in total. The van der Waals surface area contributed by atoms with Gasteiger partial charge in [0, 0.05) is 28.4 Å². The molecule has 186 valence electrons. The van der Waals surface area contributed by atoms with Crippen LogP contribution in [0.5, 0.6) is 0 Å². The first-order chi connectivity index (χ1) is 17.2. The molecule has 36 heavy (non-hydrogen) atoms. The van der Waals surface area contributed by atoms with Crippen LogP contribution in [0.25, 0.3) is 0 Å². The van der Waals surface area contributed by atoms with Crippen LogP contribution in [0.15, 0.2) is 84.5 Å². The SMILES string of the molecule is CC(C)=CC[C]1[P][C](C/C=C\CP(c2ccccc2)c2ccccc2)[C]2CCCC[C]12.[C-]#[O+].[C-]#[O+].[Mn]. The Hall–Kier alpha value is -1.22. The van der Waals surface area contributed by atoms with Crippen LogP contribution in [0.1, 0.15) is 52.4 Å². The standard InChI is InChI=1S/C29H33P2.2CO.Mn/c1-23(2)20-21-29-27-18-10-9-17-26(27)28(30-29)19-11-12-22-31(24-13-5-3-6-14-24)25-15-7-4-8-16-25;2*1-2;/h3-8,11-16,20H,9-10,17-19,21-22H2,1-2H3;;;/b12-11-;;;. The van der Waals surface area contributed by atoms with Crippen molar-refractivity contribution in [1.82, 2.24) is 0 Å². The molecular formula is C31H33MnO2P2. The monoisotopic (exact) mass is 554 g/mol. The Bertz CT molecular complexity index is 906. The van der Waals surface area contributed by atoms with Crippen molar-refractivity contribution >= 4 is 27.1 Å². The quantitative estimate of drug-likeness (QED) is 0.104. The molecular weight excluding hydrogens is 521 g/mol. The summed E-state index contributed by atoms with van der Waals surface area (Å²) in [6.45, 7) is 13.4. The summed E-state index contributed by atoms with van der Waals surface area (Å²) in [4.78, 5) is 0. The van der Waals surface area contributed by atoms with Gasteiger partial charge in [-0.3, -0.25) is 0 Å². The molecule has 2 nitrogen and oxygen atoms in total. The van der Waals surface area contributed by atoms with Gasteiger partial charge in [-0.25, -0.2) is 0 Å². The zero-order valence-electron chi connectivity index (χ0n) is 21.0. The van der Waals surface area contributed by atoms with Gasteiger partial charge in [-0.2, -0.15) is 0 Å². The third-order valence-electron chi connectivity index (χ3n) is 6.04. The van der Waals surface area contributed by atoms with Gasteiger partial charge >= 0.3 is 22.6 Å². The van der Waals surface area contributed by atoms with Gasteiger partial charge in [0.1, 0.15) is 0 Å². The fourth-order valence-electron chi connectivity index (χ4n) is 4.43. The summed E-state index contributed by atoms with van der Waals surface area (Å²) in [5.41, 5.74) is 4.78. The van der Waals surface area contributed by atoms with E-state index in [-0.39, 0.29) is 25.0 Å². The van der Waals surface area contributed by atoms with Crippen molar-refractivity contribution in [3.8, 4) is 0 Å². The summed E-state index contributed by atoms with van der Waals surface area (Å²) in [7, 11) is 1.17. The second-order valence-corrected chi connectivity index (χ2v) is 12.2. The molecule has 1 heterocycles. The average molecular weight is 554 g/mol. The Kier molecular flexibility index (Phi) is 17.3. The van der Waals surface area contributed by atoms with E-state index in [4.69, 9.17) is 9.30 Å². The van der Waals surface area contributed by atoms with Crippen molar-refractivity contribution in [3.05, 3.63) is 121 Å². The molecule has 2 aromatic carbocycles. The number of hydrogen-bond donors (Lipinski definition) is 0. The van der Waals surface area contributed by atoms with E-state index in [9.17, 15) is 0 Å². The van der Waals surface area contributed by atoms with Crippen molar-refractivity contribution in [2.45, 2.75) is 52.4 Å². The molecule has 0 bridgehead atoms. The van der Waals surface area contributed by atoms with E-state index in [0.29, 0.717) is 0 Å². The summed E-state index contributed by atoms with van der Waals surface area (Å²) in [5, 5.41) is 2.93. The summed E-state index contributed by atoms with van der Waals surface area (Å²) < 4.78 is 15.0. The van der Waals surface area contributed by atoms with Crippen molar-refractivity contribution in [2.24, 2.45) is 0 Å². The second kappa shape index (κ2) is 18.9. The molecule has 2 fully saturated rings. The molecule has 0 atom stereocenters. The van der Waals surface area contributed by atoms with Crippen LogP contribution in [-0.2, 0) is 26.4 Å². The molecule has 1 aliphatic heterocycles. The maximum Gasteiger partial charge on any atom is 0 e. The molecule has 0 spiro atoms. The number of hydrogen-bond acceptors (Lipinski definition) is 0. The molecule has 0 amide bonds. The third-order valence-corrected chi connectivity index (χ3v) is 9.90.